The second kappa shape index (κ2) is 7.77. The molecule has 1 N–H and O–H groups in total. The van der Waals surface area contributed by atoms with Crippen molar-refractivity contribution in [3.05, 3.63) is 46.3 Å². The van der Waals surface area contributed by atoms with Gasteiger partial charge in [0.15, 0.2) is 11.5 Å². The summed E-state index contributed by atoms with van der Waals surface area (Å²) in [5.41, 5.74) is 1.50. The molecule has 1 aromatic carbocycles. The van der Waals surface area contributed by atoms with Crippen molar-refractivity contribution in [2.45, 2.75) is 58.7 Å². The standard InChI is InChI=1S/C20H22F3N3O2/c1-12-8-9-14(13(2)27)10-16(12)24-18(28)11-26-17-7-5-3-4-6-15(17)19(25-26)20(21,22)23/h8-10H,3-7,11H2,1-2H3,(H,24,28). The normalized spacial score (nSPS) is 14.3. The van der Waals surface area contributed by atoms with Crippen molar-refractivity contribution in [3.8, 4) is 0 Å². The summed E-state index contributed by atoms with van der Waals surface area (Å²) in [6.07, 6.45) is -1.42. The average molecular weight is 393 g/mol. The molecule has 0 saturated heterocycles. The first-order valence-corrected chi connectivity index (χ1v) is 9.24. The smallest absolute Gasteiger partial charge is 0.324 e. The summed E-state index contributed by atoms with van der Waals surface area (Å²) >= 11 is 0. The van der Waals surface area contributed by atoms with Crippen LogP contribution in [0.1, 0.15) is 59.1 Å². The first-order valence-electron chi connectivity index (χ1n) is 9.24. The fourth-order valence-corrected chi connectivity index (χ4v) is 3.51. The van der Waals surface area contributed by atoms with E-state index in [1.54, 1.807) is 25.1 Å². The van der Waals surface area contributed by atoms with Gasteiger partial charge in [0.05, 0.1) is 0 Å². The molecule has 2 aromatic rings. The molecular weight excluding hydrogens is 371 g/mol. The lowest BCUT2D eigenvalue weighted by molar-refractivity contribution is -0.142. The van der Waals surface area contributed by atoms with Gasteiger partial charge in [-0.2, -0.15) is 18.3 Å². The van der Waals surface area contributed by atoms with E-state index in [-0.39, 0.29) is 17.9 Å². The summed E-state index contributed by atoms with van der Waals surface area (Å²) in [6.45, 7) is 2.90. The van der Waals surface area contributed by atoms with Crippen molar-refractivity contribution in [1.29, 1.82) is 0 Å². The summed E-state index contributed by atoms with van der Waals surface area (Å²) in [5.74, 6) is -0.616. The Balaban J connectivity index is 1.86. The number of nitrogens with one attached hydrogen (secondary N) is 1. The third-order valence-electron chi connectivity index (χ3n) is 4.99. The largest absolute Gasteiger partial charge is 0.435 e. The van der Waals surface area contributed by atoms with Gasteiger partial charge in [0, 0.05) is 22.5 Å². The number of Topliss-reactive ketones (excluding diaryl/α,β-unsaturated/α-hetero) is 1. The molecule has 28 heavy (non-hydrogen) atoms. The maximum atomic E-state index is 13.4. The maximum Gasteiger partial charge on any atom is 0.435 e. The topological polar surface area (TPSA) is 64.0 Å². The highest BCUT2D eigenvalue weighted by Crippen LogP contribution is 2.35. The number of aromatic nitrogens is 2. The molecule has 150 valence electrons. The van der Waals surface area contributed by atoms with Crippen molar-refractivity contribution in [1.82, 2.24) is 9.78 Å². The van der Waals surface area contributed by atoms with Crippen LogP contribution in [0.4, 0.5) is 18.9 Å². The van der Waals surface area contributed by atoms with Gasteiger partial charge in [-0.05, 0) is 51.2 Å². The van der Waals surface area contributed by atoms with Gasteiger partial charge in [0.25, 0.3) is 0 Å². The van der Waals surface area contributed by atoms with Crippen LogP contribution in [0.2, 0.25) is 0 Å². The molecule has 0 saturated carbocycles. The molecule has 1 aromatic heterocycles. The number of alkyl halides is 3. The Kier molecular flexibility index (Phi) is 5.58. The summed E-state index contributed by atoms with van der Waals surface area (Å²) in [6, 6.07) is 4.95. The Morgan fingerprint density at radius 3 is 2.57 bits per heavy atom. The molecular formula is C20H22F3N3O2. The number of rotatable bonds is 4. The summed E-state index contributed by atoms with van der Waals surface area (Å²) in [7, 11) is 0. The number of amides is 1. The number of nitrogens with zero attached hydrogens (tertiary/aromatic N) is 2. The van der Waals surface area contributed by atoms with E-state index >= 15 is 0 Å². The van der Waals surface area contributed by atoms with Crippen LogP contribution in [-0.2, 0) is 30.4 Å². The third kappa shape index (κ3) is 4.26. The third-order valence-corrected chi connectivity index (χ3v) is 4.99. The van der Waals surface area contributed by atoms with Crippen LogP contribution in [0.25, 0.3) is 0 Å². The highest BCUT2D eigenvalue weighted by atomic mass is 19.4. The fraction of sp³-hybridized carbons (Fsp3) is 0.450. The Morgan fingerprint density at radius 1 is 1.18 bits per heavy atom. The number of fused-ring (bicyclic) bond motifs is 1. The van der Waals surface area contributed by atoms with Gasteiger partial charge in [0.1, 0.15) is 6.54 Å². The first-order chi connectivity index (χ1) is 13.2. The summed E-state index contributed by atoms with van der Waals surface area (Å²) in [5, 5.41) is 6.42. The van der Waals surface area contributed by atoms with Crippen LogP contribution in [0.15, 0.2) is 18.2 Å². The molecule has 0 fully saturated rings. The number of benzene rings is 1. The number of carbonyl (C=O) groups is 2. The average Bonchev–Trinajstić information content (AvgIpc) is 2.78. The van der Waals surface area contributed by atoms with E-state index < -0.39 is 17.8 Å². The minimum Gasteiger partial charge on any atom is -0.324 e. The Labute approximate surface area is 160 Å². The van der Waals surface area contributed by atoms with Crippen molar-refractivity contribution < 1.29 is 22.8 Å². The zero-order chi connectivity index (χ0) is 20.5. The zero-order valence-electron chi connectivity index (χ0n) is 15.8. The van der Waals surface area contributed by atoms with Gasteiger partial charge >= 0.3 is 6.18 Å². The lowest BCUT2D eigenvalue weighted by Crippen LogP contribution is -2.22. The highest BCUT2D eigenvalue weighted by Gasteiger charge is 2.39. The van der Waals surface area contributed by atoms with Gasteiger partial charge in [-0.3, -0.25) is 14.3 Å². The van der Waals surface area contributed by atoms with Crippen molar-refractivity contribution >= 4 is 17.4 Å². The highest BCUT2D eigenvalue weighted by molar-refractivity contribution is 5.97. The summed E-state index contributed by atoms with van der Waals surface area (Å²) < 4.78 is 41.3. The number of hydrogen-bond acceptors (Lipinski definition) is 3. The Bertz CT molecular complexity index is 916. The van der Waals surface area contributed by atoms with E-state index in [0.29, 0.717) is 36.2 Å². The van der Waals surface area contributed by atoms with Crippen LogP contribution in [-0.4, -0.2) is 21.5 Å². The Morgan fingerprint density at radius 2 is 1.89 bits per heavy atom. The van der Waals surface area contributed by atoms with Gasteiger partial charge in [-0.1, -0.05) is 18.6 Å². The summed E-state index contributed by atoms with van der Waals surface area (Å²) in [4.78, 5) is 24.0. The minimum absolute atomic E-state index is 0.136. The van der Waals surface area contributed by atoms with Crippen LogP contribution in [0, 0.1) is 6.92 Å². The van der Waals surface area contributed by atoms with Crippen LogP contribution in [0.5, 0.6) is 0 Å². The number of carbonyl (C=O) groups excluding carboxylic acids is 2. The molecule has 1 amide bonds. The molecule has 5 nitrogen and oxygen atoms in total. The molecule has 0 radical (unpaired) electrons. The van der Waals surface area contributed by atoms with E-state index in [1.165, 1.54) is 11.6 Å². The predicted octanol–water partition coefficient (Wildman–Crippen LogP) is 4.32. The maximum absolute atomic E-state index is 13.4. The molecule has 1 heterocycles. The first kappa shape index (κ1) is 20.1. The second-order valence-electron chi connectivity index (χ2n) is 7.12. The number of halogens is 3. The van der Waals surface area contributed by atoms with Gasteiger partial charge in [-0.25, -0.2) is 0 Å². The fourth-order valence-electron chi connectivity index (χ4n) is 3.51. The second-order valence-corrected chi connectivity index (χ2v) is 7.12. The zero-order valence-corrected chi connectivity index (χ0v) is 15.8. The van der Waals surface area contributed by atoms with Crippen LogP contribution >= 0.6 is 0 Å². The minimum atomic E-state index is -4.54. The van der Waals surface area contributed by atoms with E-state index in [0.717, 1.165) is 18.4 Å². The molecule has 8 heteroatoms. The molecule has 0 unspecified atom stereocenters. The number of ketones is 1. The van der Waals surface area contributed by atoms with Crippen molar-refractivity contribution in [2.24, 2.45) is 0 Å². The molecule has 1 aliphatic rings. The Hall–Kier alpha value is -2.64. The molecule has 0 atom stereocenters. The number of aryl methyl sites for hydroxylation is 1. The van der Waals surface area contributed by atoms with Gasteiger partial charge < -0.3 is 5.32 Å². The number of hydrogen-bond donors (Lipinski definition) is 1. The number of anilines is 1. The van der Waals surface area contributed by atoms with E-state index in [9.17, 15) is 22.8 Å². The lowest BCUT2D eigenvalue weighted by Gasteiger charge is -2.11. The van der Waals surface area contributed by atoms with Gasteiger partial charge in [0.2, 0.25) is 5.91 Å². The lowest BCUT2D eigenvalue weighted by atomic mass is 10.1. The molecule has 3 rings (SSSR count). The SMILES string of the molecule is CC(=O)c1ccc(C)c(NC(=O)Cn2nc(C(F)(F)F)c3c2CCCCC3)c1. The van der Waals surface area contributed by atoms with Crippen LogP contribution < -0.4 is 5.32 Å². The molecule has 0 bridgehead atoms. The van der Waals surface area contributed by atoms with Crippen molar-refractivity contribution in [3.63, 3.8) is 0 Å². The van der Waals surface area contributed by atoms with E-state index in [1.807, 2.05) is 0 Å². The quantitative estimate of drug-likeness (QED) is 0.622. The van der Waals surface area contributed by atoms with E-state index in [2.05, 4.69) is 10.4 Å². The monoisotopic (exact) mass is 393 g/mol. The predicted molar refractivity (Wildman–Crippen MR) is 98.3 cm³/mol. The van der Waals surface area contributed by atoms with E-state index in [4.69, 9.17) is 0 Å². The van der Waals surface area contributed by atoms with Crippen LogP contribution in [0.3, 0.4) is 0 Å². The van der Waals surface area contributed by atoms with Gasteiger partial charge in [-0.15, -0.1) is 0 Å². The molecule has 0 spiro atoms. The molecule has 0 aliphatic heterocycles. The molecule has 1 aliphatic carbocycles. The van der Waals surface area contributed by atoms with Crippen molar-refractivity contribution in [2.75, 3.05) is 5.32 Å².